The summed E-state index contributed by atoms with van der Waals surface area (Å²) in [7, 11) is 3.97. The zero-order chi connectivity index (χ0) is 9.56. The number of nitriles is 1. The van der Waals surface area contributed by atoms with Crippen LogP contribution in [-0.4, -0.2) is 37.6 Å². The summed E-state index contributed by atoms with van der Waals surface area (Å²) in [4.78, 5) is 2.22. The van der Waals surface area contributed by atoms with Gasteiger partial charge in [-0.1, -0.05) is 0 Å². The van der Waals surface area contributed by atoms with Crippen LogP contribution in [0.5, 0.6) is 0 Å². The van der Waals surface area contributed by atoms with E-state index in [0.29, 0.717) is 18.5 Å². The molecule has 0 aromatic carbocycles. The van der Waals surface area contributed by atoms with Crippen molar-refractivity contribution in [3.8, 4) is 6.07 Å². The molecule has 0 heterocycles. The standard InChI is InChI=1S/C9H19N3/c1-8(2)12(4)9(5-6-10)7-11-3/h8-9,11H,5,7H2,1-4H3. The summed E-state index contributed by atoms with van der Waals surface area (Å²) in [6.45, 7) is 5.16. The lowest BCUT2D eigenvalue weighted by Gasteiger charge is -2.29. The molecule has 0 aliphatic rings. The minimum absolute atomic E-state index is 0.333. The minimum atomic E-state index is 0.333. The Bertz CT molecular complexity index is 148. The predicted octanol–water partition coefficient (Wildman–Crippen LogP) is 0.828. The van der Waals surface area contributed by atoms with Crippen molar-refractivity contribution in [2.75, 3.05) is 20.6 Å². The van der Waals surface area contributed by atoms with Crippen molar-refractivity contribution >= 4 is 0 Å². The van der Waals surface area contributed by atoms with Gasteiger partial charge in [-0.2, -0.15) is 5.26 Å². The highest BCUT2D eigenvalue weighted by molar-refractivity contribution is 4.83. The number of nitrogens with zero attached hydrogens (tertiary/aromatic N) is 2. The van der Waals surface area contributed by atoms with Crippen molar-refractivity contribution in [1.29, 1.82) is 5.26 Å². The zero-order valence-corrected chi connectivity index (χ0v) is 8.46. The summed E-state index contributed by atoms with van der Waals surface area (Å²) in [5, 5.41) is 11.7. The van der Waals surface area contributed by atoms with E-state index in [2.05, 4.69) is 37.2 Å². The molecular weight excluding hydrogens is 150 g/mol. The third-order valence-electron chi connectivity index (χ3n) is 2.16. The predicted molar refractivity (Wildman–Crippen MR) is 50.8 cm³/mol. The van der Waals surface area contributed by atoms with Crippen molar-refractivity contribution in [2.24, 2.45) is 0 Å². The summed E-state index contributed by atoms with van der Waals surface area (Å²) >= 11 is 0. The SMILES string of the molecule is CNCC(CC#N)N(C)C(C)C. The number of rotatable bonds is 5. The van der Waals surface area contributed by atoms with Crippen molar-refractivity contribution in [3.63, 3.8) is 0 Å². The van der Waals surface area contributed by atoms with Crippen LogP contribution in [0.1, 0.15) is 20.3 Å². The number of hydrogen-bond acceptors (Lipinski definition) is 3. The van der Waals surface area contributed by atoms with Gasteiger partial charge in [0.2, 0.25) is 0 Å². The maximum absolute atomic E-state index is 8.59. The molecule has 1 atom stereocenters. The van der Waals surface area contributed by atoms with Gasteiger partial charge < -0.3 is 5.32 Å². The number of hydrogen-bond donors (Lipinski definition) is 1. The molecule has 1 unspecified atom stereocenters. The zero-order valence-electron chi connectivity index (χ0n) is 8.46. The molecule has 0 saturated heterocycles. The second kappa shape index (κ2) is 5.99. The van der Waals surface area contributed by atoms with Gasteiger partial charge in [-0.05, 0) is 27.9 Å². The lowest BCUT2D eigenvalue weighted by molar-refractivity contribution is 0.195. The summed E-state index contributed by atoms with van der Waals surface area (Å²) in [6.07, 6.45) is 0.593. The monoisotopic (exact) mass is 169 g/mol. The highest BCUT2D eigenvalue weighted by Gasteiger charge is 2.15. The van der Waals surface area contributed by atoms with Crippen LogP contribution >= 0.6 is 0 Å². The van der Waals surface area contributed by atoms with E-state index in [-0.39, 0.29) is 0 Å². The molecule has 0 bridgehead atoms. The van der Waals surface area contributed by atoms with Gasteiger partial charge in [-0.15, -0.1) is 0 Å². The lowest BCUT2D eigenvalue weighted by Crippen LogP contribution is -2.42. The molecule has 0 fully saturated rings. The Kier molecular flexibility index (Phi) is 5.69. The van der Waals surface area contributed by atoms with Crippen LogP contribution < -0.4 is 5.32 Å². The molecule has 0 radical (unpaired) electrons. The van der Waals surface area contributed by atoms with Gasteiger partial charge in [0.25, 0.3) is 0 Å². The molecule has 0 aliphatic carbocycles. The second-order valence-corrected chi connectivity index (χ2v) is 3.33. The first-order chi connectivity index (χ1) is 5.63. The van der Waals surface area contributed by atoms with Crippen LogP contribution in [0, 0.1) is 11.3 Å². The highest BCUT2D eigenvalue weighted by Crippen LogP contribution is 2.04. The summed E-state index contributed by atoms with van der Waals surface area (Å²) in [6, 6.07) is 3.04. The molecule has 3 nitrogen and oxygen atoms in total. The Labute approximate surface area is 75.4 Å². The first-order valence-corrected chi connectivity index (χ1v) is 4.37. The fraction of sp³-hybridized carbons (Fsp3) is 0.889. The van der Waals surface area contributed by atoms with Gasteiger partial charge >= 0.3 is 0 Å². The van der Waals surface area contributed by atoms with Crippen LogP contribution in [0.4, 0.5) is 0 Å². The van der Waals surface area contributed by atoms with Crippen LogP contribution in [0.25, 0.3) is 0 Å². The molecule has 1 N–H and O–H groups in total. The van der Waals surface area contributed by atoms with Crippen LogP contribution in [0.3, 0.4) is 0 Å². The molecule has 0 amide bonds. The second-order valence-electron chi connectivity index (χ2n) is 3.33. The normalized spacial score (nSPS) is 13.4. The first kappa shape index (κ1) is 11.4. The van der Waals surface area contributed by atoms with Crippen molar-refractivity contribution in [3.05, 3.63) is 0 Å². The fourth-order valence-electron chi connectivity index (χ4n) is 1.12. The van der Waals surface area contributed by atoms with Crippen LogP contribution in [0.2, 0.25) is 0 Å². The topological polar surface area (TPSA) is 39.1 Å². The maximum Gasteiger partial charge on any atom is 0.0638 e. The van der Waals surface area contributed by atoms with Crippen molar-refractivity contribution in [1.82, 2.24) is 10.2 Å². The fourth-order valence-corrected chi connectivity index (χ4v) is 1.12. The average Bonchev–Trinajstić information content (AvgIpc) is 2.03. The molecule has 0 aromatic heterocycles. The molecule has 0 saturated carbocycles. The van der Waals surface area contributed by atoms with Crippen molar-refractivity contribution < 1.29 is 0 Å². The Balaban J connectivity index is 4.00. The quantitative estimate of drug-likeness (QED) is 0.662. The molecular formula is C9H19N3. The molecule has 0 rings (SSSR count). The molecule has 0 aromatic rings. The van der Waals surface area contributed by atoms with E-state index in [0.717, 1.165) is 6.54 Å². The van der Waals surface area contributed by atoms with Gasteiger partial charge in [-0.25, -0.2) is 0 Å². The van der Waals surface area contributed by atoms with Crippen LogP contribution in [-0.2, 0) is 0 Å². The van der Waals surface area contributed by atoms with Gasteiger partial charge in [-0.3, -0.25) is 4.90 Å². The minimum Gasteiger partial charge on any atom is -0.318 e. The molecule has 12 heavy (non-hydrogen) atoms. The van der Waals surface area contributed by atoms with E-state index in [4.69, 9.17) is 5.26 Å². The molecule has 0 aliphatic heterocycles. The number of likely N-dealkylation sites (N-methyl/N-ethyl adjacent to an activating group) is 2. The van der Waals surface area contributed by atoms with E-state index >= 15 is 0 Å². The highest BCUT2D eigenvalue weighted by atomic mass is 15.2. The Morgan fingerprint density at radius 3 is 2.42 bits per heavy atom. The van der Waals surface area contributed by atoms with Gasteiger partial charge in [0, 0.05) is 18.6 Å². The summed E-state index contributed by atoms with van der Waals surface area (Å²) < 4.78 is 0. The smallest absolute Gasteiger partial charge is 0.0638 e. The lowest BCUT2D eigenvalue weighted by atomic mass is 10.1. The third kappa shape index (κ3) is 3.70. The van der Waals surface area contributed by atoms with E-state index in [9.17, 15) is 0 Å². The molecule has 3 heteroatoms. The first-order valence-electron chi connectivity index (χ1n) is 4.37. The third-order valence-corrected chi connectivity index (χ3v) is 2.16. The maximum atomic E-state index is 8.59. The van der Waals surface area contributed by atoms with Crippen molar-refractivity contribution in [2.45, 2.75) is 32.4 Å². The Morgan fingerprint density at radius 1 is 1.50 bits per heavy atom. The van der Waals surface area contributed by atoms with E-state index in [1.165, 1.54) is 0 Å². The van der Waals surface area contributed by atoms with Gasteiger partial charge in [0.15, 0.2) is 0 Å². The van der Waals surface area contributed by atoms with E-state index < -0.39 is 0 Å². The summed E-state index contributed by atoms with van der Waals surface area (Å²) in [5.41, 5.74) is 0. The average molecular weight is 169 g/mol. The molecule has 70 valence electrons. The Hall–Kier alpha value is -0.590. The van der Waals surface area contributed by atoms with Crippen LogP contribution in [0.15, 0.2) is 0 Å². The van der Waals surface area contributed by atoms with Gasteiger partial charge in [0.1, 0.15) is 0 Å². The summed E-state index contributed by atoms with van der Waals surface area (Å²) in [5.74, 6) is 0. The van der Waals surface area contributed by atoms with Gasteiger partial charge in [0.05, 0.1) is 12.5 Å². The Morgan fingerprint density at radius 2 is 2.08 bits per heavy atom. The number of nitrogens with one attached hydrogen (secondary N) is 1. The molecule has 0 spiro atoms. The van der Waals surface area contributed by atoms with E-state index in [1.54, 1.807) is 0 Å². The van der Waals surface area contributed by atoms with E-state index in [1.807, 2.05) is 7.05 Å². The largest absolute Gasteiger partial charge is 0.318 e.